The summed E-state index contributed by atoms with van der Waals surface area (Å²) in [5.74, 6) is 0.853. The van der Waals surface area contributed by atoms with Crippen molar-refractivity contribution in [3.8, 4) is 0 Å². The third-order valence-corrected chi connectivity index (χ3v) is 1.65. The van der Waals surface area contributed by atoms with Gasteiger partial charge in [0, 0.05) is 6.21 Å². The Balaban J connectivity index is 2.36. The quantitative estimate of drug-likeness (QED) is 0.529. The van der Waals surface area contributed by atoms with Gasteiger partial charge in [0.1, 0.15) is 18.1 Å². The van der Waals surface area contributed by atoms with Gasteiger partial charge in [0.05, 0.1) is 0 Å². The summed E-state index contributed by atoms with van der Waals surface area (Å²) in [4.78, 5) is 4.22. The van der Waals surface area contributed by atoms with E-state index in [-0.39, 0.29) is 0 Å². The summed E-state index contributed by atoms with van der Waals surface area (Å²) in [6, 6.07) is 0. The van der Waals surface area contributed by atoms with Gasteiger partial charge in [-0.05, 0) is 18.2 Å². The maximum atomic E-state index is 5.32. The molecule has 0 spiro atoms. The standard InChI is InChI=1S/C10H9NO/c1-2-4-7-11-9-6-8-12-10(9)5-3-1/h1-7H,8H2/b3-1-,4-2-,10-5+,11-7?. The van der Waals surface area contributed by atoms with Gasteiger partial charge in [-0.15, -0.1) is 0 Å². The number of hydrogen-bond acceptors (Lipinski definition) is 2. The predicted molar refractivity (Wildman–Crippen MR) is 48.9 cm³/mol. The summed E-state index contributed by atoms with van der Waals surface area (Å²) in [7, 11) is 0. The lowest BCUT2D eigenvalue weighted by atomic mass is 10.3. The number of fused-ring (bicyclic) bond motifs is 1. The molecule has 12 heavy (non-hydrogen) atoms. The number of aliphatic imine (C=N–C) groups is 1. The lowest BCUT2D eigenvalue weighted by Gasteiger charge is -1.97. The van der Waals surface area contributed by atoms with E-state index in [1.54, 1.807) is 6.21 Å². The van der Waals surface area contributed by atoms with Gasteiger partial charge in [0.2, 0.25) is 0 Å². The lowest BCUT2D eigenvalue weighted by molar-refractivity contribution is 0.276. The normalized spacial score (nSPS) is 29.7. The highest BCUT2D eigenvalue weighted by molar-refractivity contribution is 5.73. The van der Waals surface area contributed by atoms with E-state index in [0.717, 1.165) is 11.5 Å². The molecular weight excluding hydrogens is 150 g/mol. The molecule has 0 bridgehead atoms. The highest BCUT2D eigenvalue weighted by atomic mass is 16.5. The van der Waals surface area contributed by atoms with Crippen molar-refractivity contribution in [1.82, 2.24) is 0 Å². The Morgan fingerprint density at radius 1 is 1.17 bits per heavy atom. The molecule has 0 amide bonds. The molecule has 0 fully saturated rings. The van der Waals surface area contributed by atoms with Crippen LogP contribution in [0.1, 0.15) is 0 Å². The van der Waals surface area contributed by atoms with Crippen molar-refractivity contribution in [2.24, 2.45) is 4.99 Å². The fourth-order valence-corrected chi connectivity index (χ4v) is 1.08. The molecule has 0 unspecified atom stereocenters. The third kappa shape index (κ3) is 1.37. The van der Waals surface area contributed by atoms with E-state index in [2.05, 4.69) is 4.99 Å². The molecule has 0 aromatic heterocycles. The molecule has 60 valence electrons. The second-order valence-corrected chi connectivity index (χ2v) is 2.48. The van der Waals surface area contributed by atoms with Crippen LogP contribution in [0.3, 0.4) is 0 Å². The SMILES string of the molecule is C1=NC2=CCO/C2=C/C=C\C=C/1. The predicted octanol–water partition coefficient (Wildman–Crippen LogP) is 1.98. The van der Waals surface area contributed by atoms with Crippen molar-refractivity contribution in [2.45, 2.75) is 0 Å². The van der Waals surface area contributed by atoms with Crippen molar-refractivity contribution < 1.29 is 4.74 Å². The first kappa shape index (κ1) is 7.10. The van der Waals surface area contributed by atoms with Gasteiger partial charge >= 0.3 is 0 Å². The number of ether oxygens (including phenoxy) is 1. The number of nitrogens with zero attached hydrogens (tertiary/aromatic N) is 1. The lowest BCUT2D eigenvalue weighted by Crippen LogP contribution is -1.83. The minimum absolute atomic E-state index is 0.635. The molecule has 0 aromatic rings. The average Bonchev–Trinajstić information content (AvgIpc) is 2.50. The van der Waals surface area contributed by atoms with E-state index >= 15 is 0 Å². The van der Waals surface area contributed by atoms with Crippen LogP contribution in [0.5, 0.6) is 0 Å². The van der Waals surface area contributed by atoms with E-state index in [4.69, 9.17) is 4.74 Å². The molecule has 0 atom stereocenters. The zero-order chi connectivity index (χ0) is 8.23. The second-order valence-electron chi connectivity index (χ2n) is 2.48. The summed E-state index contributed by atoms with van der Waals surface area (Å²) >= 11 is 0. The monoisotopic (exact) mass is 159 g/mol. The molecule has 0 radical (unpaired) electrons. The van der Waals surface area contributed by atoms with Gasteiger partial charge < -0.3 is 4.74 Å². The molecule has 2 rings (SSSR count). The van der Waals surface area contributed by atoms with Gasteiger partial charge in [-0.25, -0.2) is 0 Å². The molecular formula is C10H9NO. The Morgan fingerprint density at radius 2 is 2.08 bits per heavy atom. The van der Waals surface area contributed by atoms with Crippen LogP contribution in [0.2, 0.25) is 0 Å². The van der Waals surface area contributed by atoms with Crippen molar-refractivity contribution in [2.75, 3.05) is 6.61 Å². The summed E-state index contributed by atoms with van der Waals surface area (Å²) in [6.45, 7) is 0.635. The Hall–Kier alpha value is -1.57. The summed E-state index contributed by atoms with van der Waals surface area (Å²) < 4.78 is 5.32. The Bertz CT molecular complexity index is 319. The summed E-state index contributed by atoms with van der Waals surface area (Å²) in [5, 5.41) is 0. The molecule has 0 N–H and O–H groups in total. The zero-order valence-corrected chi connectivity index (χ0v) is 6.60. The maximum Gasteiger partial charge on any atom is 0.145 e. The number of rotatable bonds is 0. The zero-order valence-electron chi connectivity index (χ0n) is 6.60. The van der Waals surface area contributed by atoms with Crippen LogP contribution in [0.15, 0.2) is 52.9 Å². The van der Waals surface area contributed by atoms with Gasteiger partial charge in [-0.1, -0.05) is 18.2 Å². The maximum absolute atomic E-state index is 5.32. The van der Waals surface area contributed by atoms with Crippen LogP contribution < -0.4 is 0 Å². The Morgan fingerprint density at radius 3 is 3.08 bits per heavy atom. The van der Waals surface area contributed by atoms with Crippen LogP contribution in [-0.2, 0) is 4.74 Å². The number of hydrogen-bond donors (Lipinski definition) is 0. The van der Waals surface area contributed by atoms with Gasteiger partial charge in [0.25, 0.3) is 0 Å². The van der Waals surface area contributed by atoms with E-state index in [0.29, 0.717) is 6.61 Å². The minimum atomic E-state index is 0.635. The third-order valence-electron chi connectivity index (χ3n) is 1.65. The first-order valence-corrected chi connectivity index (χ1v) is 3.88. The minimum Gasteiger partial charge on any atom is -0.487 e. The molecule has 2 heteroatoms. The van der Waals surface area contributed by atoms with Gasteiger partial charge in [-0.2, -0.15) is 0 Å². The molecule has 0 saturated heterocycles. The molecule has 2 heterocycles. The van der Waals surface area contributed by atoms with Crippen LogP contribution >= 0.6 is 0 Å². The van der Waals surface area contributed by atoms with E-state index in [1.165, 1.54) is 0 Å². The van der Waals surface area contributed by atoms with Crippen LogP contribution in [0.25, 0.3) is 0 Å². The van der Waals surface area contributed by atoms with Crippen LogP contribution in [0, 0.1) is 0 Å². The Labute approximate surface area is 71.3 Å². The van der Waals surface area contributed by atoms with Crippen molar-refractivity contribution >= 4 is 6.21 Å². The molecule has 2 nitrogen and oxygen atoms in total. The average molecular weight is 159 g/mol. The van der Waals surface area contributed by atoms with E-state index in [1.807, 2.05) is 36.5 Å². The molecule has 0 aliphatic carbocycles. The number of allylic oxidation sites excluding steroid dienone is 5. The van der Waals surface area contributed by atoms with Crippen molar-refractivity contribution in [3.63, 3.8) is 0 Å². The molecule has 0 saturated carbocycles. The van der Waals surface area contributed by atoms with E-state index < -0.39 is 0 Å². The first-order valence-electron chi connectivity index (χ1n) is 3.88. The summed E-state index contributed by atoms with van der Waals surface area (Å²) in [6.07, 6.45) is 13.4. The fraction of sp³-hybridized carbons (Fsp3) is 0.100. The van der Waals surface area contributed by atoms with Gasteiger partial charge in [0.15, 0.2) is 0 Å². The van der Waals surface area contributed by atoms with Crippen molar-refractivity contribution in [1.29, 1.82) is 0 Å². The first-order chi connectivity index (χ1) is 5.97. The molecule has 2 aliphatic rings. The molecule has 2 aliphatic heterocycles. The topological polar surface area (TPSA) is 21.6 Å². The highest BCUT2D eigenvalue weighted by Gasteiger charge is 2.09. The largest absolute Gasteiger partial charge is 0.487 e. The van der Waals surface area contributed by atoms with E-state index in [9.17, 15) is 0 Å². The highest BCUT2D eigenvalue weighted by Crippen LogP contribution is 2.19. The molecule has 0 aromatic carbocycles. The summed E-state index contributed by atoms with van der Waals surface area (Å²) in [5.41, 5.74) is 0.922. The fourth-order valence-electron chi connectivity index (χ4n) is 1.08. The van der Waals surface area contributed by atoms with Gasteiger partial charge in [-0.3, -0.25) is 4.99 Å². The van der Waals surface area contributed by atoms with Crippen LogP contribution in [0.4, 0.5) is 0 Å². The van der Waals surface area contributed by atoms with Crippen molar-refractivity contribution in [3.05, 3.63) is 47.9 Å². The Kier molecular flexibility index (Phi) is 1.90. The second kappa shape index (κ2) is 3.22. The smallest absolute Gasteiger partial charge is 0.145 e. The van der Waals surface area contributed by atoms with Crippen LogP contribution in [-0.4, -0.2) is 12.8 Å².